The summed E-state index contributed by atoms with van der Waals surface area (Å²) in [7, 11) is 0. The zero-order valence-electron chi connectivity index (χ0n) is 30.0. The minimum atomic E-state index is -0.858. The van der Waals surface area contributed by atoms with Crippen LogP contribution in [0.3, 0.4) is 0 Å². The third-order valence-electron chi connectivity index (χ3n) is 17.0. The van der Waals surface area contributed by atoms with Gasteiger partial charge in [0, 0.05) is 11.8 Å². The monoisotopic (exact) mass is 614 g/mol. The Morgan fingerprint density at radius 2 is 1.50 bits per heavy atom. The SMILES string of the molecule is CC1COC(O[C@H]2CCC34CC35CC[C@]3(C)C([C@@]6(C)CC[C@@H](C(C)(C)O)O6)[C@@H](O)C[C@@]3(C)C5C[C@H](C)C4C2(C)C)C(C)C1C. The van der Waals surface area contributed by atoms with E-state index in [9.17, 15) is 10.2 Å². The number of ether oxygens (including phenoxy) is 3. The van der Waals surface area contributed by atoms with Gasteiger partial charge in [0.05, 0.1) is 36.1 Å². The summed E-state index contributed by atoms with van der Waals surface area (Å²) < 4.78 is 20.2. The van der Waals surface area contributed by atoms with E-state index in [0.29, 0.717) is 46.3 Å². The van der Waals surface area contributed by atoms with Crippen molar-refractivity contribution in [2.75, 3.05) is 6.61 Å². The summed E-state index contributed by atoms with van der Waals surface area (Å²) in [6.07, 6.45) is 9.87. The summed E-state index contributed by atoms with van der Waals surface area (Å²) in [5.74, 6) is 3.68. The Bertz CT molecular complexity index is 1150. The summed E-state index contributed by atoms with van der Waals surface area (Å²) in [6.45, 7) is 26.6. The van der Waals surface area contributed by atoms with Crippen LogP contribution in [0.2, 0.25) is 0 Å². The molecule has 252 valence electrons. The van der Waals surface area contributed by atoms with Crippen LogP contribution in [-0.4, -0.2) is 52.6 Å². The molecule has 5 saturated carbocycles. The molecule has 7 aliphatic rings. The summed E-state index contributed by atoms with van der Waals surface area (Å²) >= 11 is 0. The molecule has 16 atom stereocenters. The van der Waals surface area contributed by atoms with Crippen LogP contribution < -0.4 is 0 Å². The zero-order valence-corrected chi connectivity index (χ0v) is 30.0. The minimum absolute atomic E-state index is 0.0278. The minimum Gasteiger partial charge on any atom is -0.393 e. The Morgan fingerprint density at radius 3 is 2.16 bits per heavy atom. The van der Waals surface area contributed by atoms with Gasteiger partial charge in [-0.15, -0.1) is 0 Å². The predicted molar refractivity (Wildman–Crippen MR) is 174 cm³/mol. The van der Waals surface area contributed by atoms with Crippen molar-refractivity contribution in [2.24, 2.45) is 68.5 Å². The van der Waals surface area contributed by atoms with Gasteiger partial charge in [-0.25, -0.2) is 0 Å². The summed E-state index contributed by atoms with van der Waals surface area (Å²) in [5, 5.41) is 22.8. The molecular weight excluding hydrogens is 548 g/mol. The fourth-order valence-electron chi connectivity index (χ4n) is 14.5. The lowest BCUT2D eigenvalue weighted by atomic mass is 9.40. The first-order chi connectivity index (χ1) is 20.3. The lowest BCUT2D eigenvalue weighted by Crippen LogP contribution is -2.61. The Morgan fingerprint density at radius 1 is 0.795 bits per heavy atom. The van der Waals surface area contributed by atoms with Crippen molar-refractivity contribution in [1.82, 2.24) is 0 Å². The lowest BCUT2D eigenvalue weighted by molar-refractivity contribution is -0.274. The van der Waals surface area contributed by atoms with Gasteiger partial charge >= 0.3 is 0 Å². The Labute approximate surface area is 268 Å². The second-order valence-corrected chi connectivity index (χ2v) is 19.8. The van der Waals surface area contributed by atoms with Gasteiger partial charge in [0.1, 0.15) is 0 Å². The molecule has 0 radical (unpaired) electrons. The van der Waals surface area contributed by atoms with Gasteiger partial charge in [-0.05, 0) is 135 Å². The van der Waals surface area contributed by atoms with Crippen molar-refractivity contribution >= 4 is 0 Å². The van der Waals surface area contributed by atoms with Crippen molar-refractivity contribution in [3.05, 3.63) is 0 Å². The van der Waals surface area contributed by atoms with Gasteiger partial charge in [0.15, 0.2) is 6.29 Å². The highest BCUT2D eigenvalue weighted by atomic mass is 16.7. The highest BCUT2D eigenvalue weighted by Crippen LogP contribution is 2.90. The summed E-state index contributed by atoms with van der Waals surface area (Å²) in [4.78, 5) is 0. The van der Waals surface area contributed by atoms with Crippen LogP contribution in [0.5, 0.6) is 0 Å². The van der Waals surface area contributed by atoms with Crippen LogP contribution in [0.25, 0.3) is 0 Å². The highest BCUT2D eigenvalue weighted by molar-refractivity contribution is 5.32. The molecule has 5 aliphatic carbocycles. The second kappa shape index (κ2) is 9.70. The third-order valence-corrected chi connectivity index (χ3v) is 17.0. The molecule has 5 heteroatoms. The first-order valence-electron chi connectivity index (χ1n) is 18.6. The molecule has 0 amide bonds. The number of hydrogen-bond acceptors (Lipinski definition) is 5. The van der Waals surface area contributed by atoms with Crippen molar-refractivity contribution in [3.63, 3.8) is 0 Å². The van der Waals surface area contributed by atoms with Crippen molar-refractivity contribution in [2.45, 2.75) is 170 Å². The molecule has 0 aromatic carbocycles. The number of fused-ring (bicyclic) bond motifs is 2. The molecular formula is C39H66O5. The number of aliphatic hydroxyl groups excluding tert-OH is 1. The van der Waals surface area contributed by atoms with Gasteiger partial charge in [0.25, 0.3) is 0 Å². The van der Waals surface area contributed by atoms with E-state index in [4.69, 9.17) is 14.2 Å². The van der Waals surface area contributed by atoms with Crippen LogP contribution in [0.4, 0.5) is 0 Å². The second-order valence-electron chi connectivity index (χ2n) is 19.8. The summed E-state index contributed by atoms with van der Waals surface area (Å²) in [6, 6.07) is 0. The molecule has 7 fully saturated rings. The fraction of sp³-hybridized carbons (Fsp3) is 1.00. The zero-order chi connectivity index (χ0) is 32.0. The molecule has 2 saturated heterocycles. The summed E-state index contributed by atoms with van der Waals surface area (Å²) in [5.41, 5.74) is -0.210. The molecule has 2 spiro atoms. The molecule has 9 unspecified atom stereocenters. The van der Waals surface area contributed by atoms with Crippen LogP contribution in [0, 0.1) is 68.5 Å². The number of hydrogen-bond donors (Lipinski definition) is 2. The van der Waals surface area contributed by atoms with Crippen LogP contribution in [0.1, 0.15) is 134 Å². The van der Waals surface area contributed by atoms with Crippen molar-refractivity contribution in [3.8, 4) is 0 Å². The highest BCUT2D eigenvalue weighted by Gasteiger charge is 2.84. The van der Waals surface area contributed by atoms with E-state index in [1.165, 1.54) is 32.1 Å². The van der Waals surface area contributed by atoms with Gasteiger partial charge in [-0.1, -0.05) is 55.4 Å². The van der Waals surface area contributed by atoms with Crippen LogP contribution in [-0.2, 0) is 14.2 Å². The van der Waals surface area contributed by atoms with Crippen molar-refractivity contribution < 1.29 is 24.4 Å². The molecule has 0 aromatic rings. The maximum atomic E-state index is 12.0. The predicted octanol–water partition coefficient (Wildman–Crippen LogP) is 8.00. The Kier molecular flexibility index (Phi) is 7.13. The molecule has 5 nitrogen and oxygen atoms in total. The van der Waals surface area contributed by atoms with E-state index in [1.54, 1.807) is 0 Å². The maximum Gasteiger partial charge on any atom is 0.160 e. The topological polar surface area (TPSA) is 68.2 Å². The molecule has 2 heterocycles. The van der Waals surface area contributed by atoms with E-state index in [-0.39, 0.29) is 46.8 Å². The fourth-order valence-corrected chi connectivity index (χ4v) is 14.5. The van der Waals surface area contributed by atoms with Crippen molar-refractivity contribution in [1.29, 1.82) is 0 Å². The van der Waals surface area contributed by atoms with E-state index in [2.05, 4.69) is 62.3 Å². The average Bonchev–Trinajstić information content (AvgIpc) is 3.27. The van der Waals surface area contributed by atoms with Crippen LogP contribution in [0.15, 0.2) is 0 Å². The van der Waals surface area contributed by atoms with E-state index >= 15 is 0 Å². The Hall–Kier alpha value is -0.200. The molecule has 2 aliphatic heterocycles. The van der Waals surface area contributed by atoms with E-state index in [1.807, 2.05) is 13.8 Å². The molecule has 0 bridgehead atoms. The molecule has 44 heavy (non-hydrogen) atoms. The number of aliphatic hydroxyl groups is 2. The van der Waals surface area contributed by atoms with Gasteiger partial charge < -0.3 is 24.4 Å². The number of rotatable bonds is 4. The maximum absolute atomic E-state index is 12.0. The normalized spacial score (nSPS) is 59.8. The quantitative estimate of drug-likeness (QED) is 0.314. The largest absolute Gasteiger partial charge is 0.393 e. The van der Waals surface area contributed by atoms with Gasteiger partial charge in [-0.2, -0.15) is 0 Å². The van der Waals surface area contributed by atoms with Gasteiger partial charge in [-0.3, -0.25) is 0 Å². The first kappa shape index (κ1) is 32.4. The molecule has 7 rings (SSSR count). The molecule has 0 aromatic heterocycles. The molecule has 2 N–H and O–H groups in total. The Balaban J connectivity index is 1.15. The van der Waals surface area contributed by atoms with Gasteiger partial charge in [0.2, 0.25) is 0 Å². The average molecular weight is 615 g/mol. The lowest BCUT2D eigenvalue weighted by Gasteiger charge is -2.65. The smallest absolute Gasteiger partial charge is 0.160 e. The first-order valence-corrected chi connectivity index (χ1v) is 18.6. The van der Waals surface area contributed by atoms with E-state index < -0.39 is 11.2 Å². The van der Waals surface area contributed by atoms with E-state index in [0.717, 1.165) is 32.3 Å². The standard InChI is InChI=1S/C39H66O5/c1-22-18-27-36(10)19-26(40)31(37(11)14-12-29(44-37)34(7,8)41)35(36,9)16-17-38(27)21-39(38)15-13-28(33(5,6)30(22)39)43-32-25(4)24(3)23(2)20-42-32/h22-32,40-41H,12-21H2,1-11H3/t22-,23?,24?,25?,26-,27?,28-,29-,30?,31?,32?,35+,36-,37+,38?,39?/m0/s1. The third kappa shape index (κ3) is 4.01. The van der Waals surface area contributed by atoms with Crippen LogP contribution >= 0.6 is 0 Å².